The first-order valence-electron chi connectivity index (χ1n) is 6.10. The van der Waals surface area contributed by atoms with Crippen molar-refractivity contribution in [3.8, 4) is 0 Å². The van der Waals surface area contributed by atoms with Crippen LogP contribution in [0.1, 0.15) is 36.6 Å². The van der Waals surface area contributed by atoms with Crippen molar-refractivity contribution in [2.75, 3.05) is 13.1 Å². The van der Waals surface area contributed by atoms with Crippen LogP contribution < -0.4 is 0 Å². The Kier molecular flexibility index (Phi) is 3.52. The van der Waals surface area contributed by atoms with E-state index in [9.17, 15) is 4.79 Å². The lowest BCUT2D eigenvalue weighted by Crippen LogP contribution is -2.21. The van der Waals surface area contributed by atoms with Gasteiger partial charge in [0.05, 0.1) is 6.54 Å². The third-order valence-electron chi connectivity index (χ3n) is 3.50. The van der Waals surface area contributed by atoms with Gasteiger partial charge in [-0.3, -0.25) is 4.90 Å². The maximum Gasteiger partial charge on any atom is 0.371 e. The molecular weight excluding hydrogens is 218 g/mol. The van der Waals surface area contributed by atoms with Crippen LogP contribution in [0.3, 0.4) is 0 Å². The van der Waals surface area contributed by atoms with Crippen molar-refractivity contribution in [3.63, 3.8) is 0 Å². The van der Waals surface area contributed by atoms with Crippen LogP contribution >= 0.6 is 0 Å². The Balaban J connectivity index is 1.91. The van der Waals surface area contributed by atoms with Crippen LogP contribution in [0.2, 0.25) is 0 Å². The van der Waals surface area contributed by atoms with E-state index in [1.54, 1.807) is 6.07 Å². The van der Waals surface area contributed by atoms with Gasteiger partial charge in [-0.05, 0) is 36.9 Å². The number of likely N-dealkylation sites (tertiary alicyclic amines) is 1. The SMILES string of the molecule is CC(C)C1CCN(Cc2ccc(C(=O)O)o2)C1. The molecule has 1 unspecified atom stereocenters. The van der Waals surface area contributed by atoms with Gasteiger partial charge in [-0.2, -0.15) is 0 Å². The highest BCUT2D eigenvalue weighted by atomic mass is 16.4. The summed E-state index contributed by atoms with van der Waals surface area (Å²) in [6, 6.07) is 3.28. The molecule has 0 amide bonds. The molecule has 0 saturated carbocycles. The number of hydrogen-bond acceptors (Lipinski definition) is 3. The minimum Gasteiger partial charge on any atom is -0.475 e. The van der Waals surface area contributed by atoms with Crippen LogP contribution in [0.15, 0.2) is 16.5 Å². The first-order chi connectivity index (χ1) is 8.06. The van der Waals surface area contributed by atoms with Crippen LogP contribution in [0, 0.1) is 11.8 Å². The monoisotopic (exact) mass is 237 g/mol. The molecule has 94 valence electrons. The lowest BCUT2D eigenvalue weighted by atomic mass is 9.95. The zero-order valence-corrected chi connectivity index (χ0v) is 10.3. The summed E-state index contributed by atoms with van der Waals surface area (Å²) < 4.78 is 5.26. The zero-order chi connectivity index (χ0) is 12.4. The van der Waals surface area contributed by atoms with Gasteiger partial charge in [0.25, 0.3) is 0 Å². The van der Waals surface area contributed by atoms with E-state index in [0.717, 1.165) is 31.3 Å². The van der Waals surface area contributed by atoms with E-state index in [-0.39, 0.29) is 5.76 Å². The molecule has 2 heterocycles. The van der Waals surface area contributed by atoms with Crippen molar-refractivity contribution in [2.24, 2.45) is 11.8 Å². The largest absolute Gasteiger partial charge is 0.475 e. The molecule has 0 aromatic carbocycles. The third kappa shape index (κ3) is 2.88. The average Bonchev–Trinajstić information content (AvgIpc) is 2.87. The molecule has 1 fully saturated rings. The maximum absolute atomic E-state index is 10.7. The maximum atomic E-state index is 10.7. The second-order valence-electron chi connectivity index (χ2n) is 5.10. The van der Waals surface area contributed by atoms with Crippen molar-refractivity contribution in [1.82, 2.24) is 4.90 Å². The van der Waals surface area contributed by atoms with Crippen LogP contribution in [-0.4, -0.2) is 29.1 Å². The van der Waals surface area contributed by atoms with Crippen molar-refractivity contribution in [2.45, 2.75) is 26.8 Å². The van der Waals surface area contributed by atoms with Crippen LogP contribution in [0.4, 0.5) is 0 Å². The predicted octanol–water partition coefficient (Wildman–Crippen LogP) is 2.46. The molecule has 2 rings (SSSR count). The number of aromatic carboxylic acids is 1. The van der Waals surface area contributed by atoms with Crippen molar-refractivity contribution in [3.05, 3.63) is 23.7 Å². The normalized spacial score (nSPS) is 21.2. The molecule has 1 N–H and O–H groups in total. The molecule has 1 atom stereocenters. The van der Waals surface area contributed by atoms with Crippen molar-refractivity contribution >= 4 is 5.97 Å². The Morgan fingerprint density at radius 1 is 1.59 bits per heavy atom. The molecule has 0 bridgehead atoms. The number of carboxylic acids is 1. The average molecular weight is 237 g/mol. The third-order valence-corrected chi connectivity index (χ3v) is 3.50. The van der Waals surface area contributed by atoms with E-state index in [4.69, 9.17) is 9.52 Å². The summed E-state index contributed by atoms with van der Waals surface area (Å²) in [7, 11) is 0. The van der Waals surface area contributed by atoms with Gasteiger partial charge in [0.15, 0.2) is 0 Å². The highest BCUT2D eigenvalue weighted by Gasteiger charge is 2.25. The topological polar surface area (TPSA) is 53.7 Å². The molecule has 17 heavy (non-hydrogen) atoms. The van der Waals surface area contributed by atoms with Gasteiger partial charge in [-0.25, -0.2) is 4.79 Å². The van der Waals surface area contributed by atoms with E-state index >= 15 is 0 Å². The van der Waals surface area contributed by atoms with E-state index in [1.807, 2.05) is 0 Å². The quantitative estimate of drug-likeness (QED) is 0.874. The van der Waals surface area contributed by atoms with Gasteiger partial charge in [0, 0.05) is 6.54 Å². The van der Waals surface area contributed by atoms with Crippen molar-refractivity contribution in [1.29, 1.82) is 0 Å². The fraction of sp³-hybridized carbons (Fsp3) is 0.615. The van der Waals surface area contributed by atoms with Crippen LogP contribution in [0.25, 0.3) is 0 Å². The molecule has 1 aromatic rings. The Hall–Kier alpha value is -1.29. The fourth-order valence-corrected chi connectivity index (χ4v) is 2.35. The number of rotatable bonds is 4. The number of carbonyl (C=O) groups is 1. The molecule has 4 heteroatoms. The summed E-state index contributed by atoms with van der Waals surface area (Å²) in [6.45, 7) is 7.39. The zero-order valence-electron chi connectivity index (χ0n) is 10.3. The molecule has 0 aliphatic carbocycles. The standard InChI is InChI=1S/C13H19NO3/c1-9(2)10-5-6-14(7-10)8-11-3-4-12(17-11)13(15)16/h3-4,9-10H,5-8H2,1-2H3,(H,15,16). The smallest absolute Gasteiger partial charge is 0.371 e. The molecule has 4 nitrogen and oxygen atoms in total. The van der Waals surface area contributed by atoms with Crippen LogP contribution in [-0.2, 0) is 6.54 Å². The summed E-state index contributed by atoms with van der Waals surface area (Å²) in [5.41, 5.74) is 0. The molecule has 0 radical (unpaired) electrons. The molecule has 1 aliphatic heterocycles. The molecule has 1 saturated heterocycles. The van der Waals surface area contributed by atoms with E-state index in [1.165, 1.54) is 12.5 Å². The second kappa shape index (κ2) is 4.92. The Labute approximate surface area is 101 Å². The number of furan rings is 1. The Morgan fingerprint density at radius 3 is 2.88 bits per heavy atom. The summed E-state index contributed by atoms with van der Waals surface area (Å²) in [5, 5.41) is 8.77. The van der Waals surface area contributed by atoms with E-state index in [2.05, 4.69) is 18.7 Å². The highest BCUT2D eigenvalue weighted by molar-refractivity contribution is 5.84. The lowest BCUT2D eigenvalue weighted by Gasteiger charge is -2.16. The Morgan fingerprint density at radius 2 is 2.35 bits per heavy atom. The first kappa shape index (κ1) is 12.2. The molecule has 0 spiro atoms. The van der Waals surface area contributed by atoms with E-state index in [0.29, 0.717) is 5.92 Å². The number of carboxylic acid groups (broad SMARTS) is 1. The van der Waals surface area contributed by atoms with Gasteiger partial charge in [-0.15, -0.1) is 0 Å². The summed E-state index contributed by atoms with van der Waals surface area (Å²) in [4.78, 5) is 13.0. The highest BCUT2D eigenvalue weighted by Crippen LogP contribution is 2.25. The summed E-state index contributed by atoms with van der Waals surface area (Å²) in [6.07, 6.45) is 1.23. The van der Waals surface area contributed by atoms with Gasteiger partial charge < -0.3 is 9.52 Å². The van der Waals surface area contributed by atoms with Gasteiger partial charge >= 0.3 is 5.97 Å². The minimum absolute atomic E-state index is 0.0274. The lowest BCUT2D eigenvalue weighted by molar-refractivity contribution is 0.0658. The van der Waals surface area contributed by atoms with Gasteiger partial charge in [0.1, 0.15) is 5.76 Å². The van der Waals surface area contributed by atoms with E-state index < -0.39 is 5.97 Å². The Bertz CT molecular complexity index is 397. The fourth-order valence-electron chi connectivity index (χ4n) is 2.35. The van der Waals surface area contributed by atoms with Crippen molar-refractivity contribution < 1.29 is 14.3 Å². The second-order valence-corrected chi connectivity index (χ2v) is 5.10. The van der Waals surface area contributed by atoms with Gasteiger partial charge in [0.2, 0.25) is 5.76 Å². The molecular formula is C13H19NO3. The number of hydrogen-bond donors (Lipinski definition) is 1. The molecule has 1 aromatic heterocycles. The number of nitrogens with zero attached hydrogens (tertiary/aromatic N) is 1. The van der Waals surface area contributed by atoms with Gasteiger partial charge in [-0.1, -0.05) is 13.8 Å². The summed E-state index contributed by atoms with van der Waals surface area (Å²) in [5.74, 6) is 1.24. The molecule has 1 aliphatic rings. The predicted molar refractivity (Wildman–Crippen MR) is 63.9 cm³/mol. The minimum atomic E-state index is -1.00. The summed E-state index contributed by atoms with van der Waals surface area (Å²) >= 11 is 0. The van der Waals surface area contributed by atoms with Crippen LogP contribution in [0.5, 0.6) is 0 Å². The first-order valence-corrected chi connectivity index (χ1v) is 6.10.